The SMILES string of the molecule is [B]COC(=O)/C(=C\O)C(=O)NC. The fraction of sp³-hybridized carbons (Fsp3) is 0.333. The van der Waals surface area contributed by atoms with Crippen LogP contribution in [0.15, 0.2) is 11.8 Å². The molecule has 0 spiro atoms. The van der Waals surface area contributed by atoms with Crippen molar-refractivity contribution in [1.82, 2.24) is 5.32 Å². The molecule has 5 nitrogen and oxygen atoms in total. The van der Waals surface area contributed by atoms with Crippen LogP contribution in [0.2, 0.25) is 0 Å². The Balaban J connectivity index is 4.37. The highest BCUT2D eigenvalue weighted by atomic mass is 16.5. The predicted octanol–water partition coefficient (Wildman–Crippen LogP) is -1.16. The van der Waals surface area contributed by atoms with E-state index >= 15 is 0 Å². The number of hydrogen-bond acceptors (Lipinski definition) is 4. The van der Waals surface area contributed by atoms with Crippen molar-refractivity contribution in [2.75, 3.05) is 13.6 Å². The van der Waals surface area contributed by atoms with E-state index in [9.17, 15) is 9.59 Å². The summed E-state index contributed by atoms with van der Waals surface area (Å²) < 4.78 is 4.27. The molecule has 0 heterocycles. The van der Waals surface area contributed by atoms with Gasteiger partial charge in [0.05, 0.1) is 6.26 Å². The lowest BCUT2D eigenvalue weighted by atomic mass is 10.2. The number of likely N-dealkylation sites (N-methyl/N-ethyl adjacent to an activating group) is 1. The molecule has 0 aromatic carbocycles. The molecule has 2 N–H and O–H groups in total. The van der Waals surface area contributed by atoms with Crippen molar-refractivity contribution in [3.8, 4) is 0 Å². The lowest BCUT2D eigenvalue weighted by Crippen LogP contribution is -2.26. The van der Waals surface area contributed by atoms with E-state index in [-0.39, 0.29) is 6.51 Å². The van der Waals surface area contributed by atoms with Gasteiger partial charge in [0, 0.05) is 13.6 Å². The molecule has 0 aromatic heterocycles. The molecule has 0 aliphatic carbocycles. The van der Waals surface area contributed by atoms with E-state index < -0.39 is 17.4 Å². The predicted molar refractivity (Wildman–Crippen MR) is 41.5 cm³/mol. The van der Waals surface area contributed by atoms with Crippen LogP contribution in [0.1, 0.15) is 0 Å². The number of rotatable bonds is 3. The molecule has 0 saturated heterocycles. The molecule has 0 bridgehead atoms. The molecule has 0 atom stereocenters. The number of esters is 1. The molecule has 0 rings (SSSR count). The maximum Gasteiger partial charge on any atom is 0.346 e. The van der Waals surface area contributed by atoms with Crippen molar-refractivity contribution in [2.24, 2.45) is 0 Å². The Hall–Kier alpha value is -1.46. The van der Waals surface area contributed by atoms with Gasteiger partial charge in [0.2, 0.25) is 0 Å². The number of aliphatic hydroxyl groups is 1. The number of nitrogens with one attached hydrogen (secondary N) is 1. The monoisotopic (exact) mass is 169 g/mol. The van der Waals surface area contributed by atoms with E-state index in [0.717, 1.165) is 0 Å². The highest BCUT2D eigenvalue weighted by Crippen LogP contribution is 1.96. The van der Waals surface area contributed by atoms with E-state index in [2.05, 4.69) is 10.1 Å². The van der Waals surface area contributed by atoms with Gasteiger partial charge in [-0.1, -0.05) is 0 Å². The van der Waals surface area contributed by atoms with E-state index in [4.69, 9.17) is 13.0 Å². The van der Waals surface area contributed by atoms with Crippen LogP contribution in [-0.2, 0) is 14.3 Å². The second kappa shape index (κ2) is 5.23. The zero-order valence-corrected chi connectivity index (χ0v) is 6.53. The van der Waals surface area contributed by atoms with Crippen LogP contribution in [0.25, 0.3) is 0 Å². The van der Waals surface area contributed by atoms with E-state index in [1.165, 1.54) is 7.05 Å². The minimum atomic E-state index is -0.959. The first-order valence-corrected chi connectivity index (χ1v) is 3.11. The third-order valence-electron chi connectivity index (χ3n) is 1.04. The Bertz CT molecular complexity index is 214. The Morgan fingerprint density at radius 1 is 1.67 bits per heavy atom. The summed E-state index contributed by atoms with van der Waals surface area (Å²) in [6.45, 7) is -0.340. The molecule has 6 heteroatoms. The zero-order chi connectivity index (χ0) is 9.56. The van der Waals surface area contributed by atoms with Crippen molar-refractivity contribution in [1.29, 1.82) is 0 Å². The summed E-state index contributed by atoms with van der Waals surface area (Å²) in [6, 6.07) is 0. The normalized spacial score (nSPS) is 10.6. The van der Waals surface area contributed by atoms with Gasteiger partial charge in [-0.3, -0.25) is 4.79 Å². The van der Waals surface area contributed by atoms with Crippen LogP contribution in [0, 0.1) is 0 Å². The van der Waals surface area contributed by atoms with E-state index in [0.29, 0.717) is 6.26 Å². The molecule has 0 unspecified atom stereocenters. The summed E-state index contributed by atoms with van der Waals surface area (Å²) in [6.07, 6.45) is 0.372. The number of carbonyl (C=O) groups excluding carboxylic acids is 2. The molecule has 0 fully saturated rings. The molecular weight excluding hydrogens is 161 g/mol. The average molecular weight is 169 g/mol. The highest BCUT2D eigenvalue weighted by molar-refractivity contribution is 6.17. The second-order valence-corrected chi connectivity index (χ2v) is 1.72. The van der Waals surface area contributed by atoms with Crippen LogP contribution < -0.4 is 5.32 Å². The summed E-state index contributed by atoms with van der Waals surface area (Å²) in [4.78, 5) is 21.6. The summed E-state index contributed by atoms with van der Waals surface area (Å²) in [5, 5.41) is 10.6. The zero-order valence-electron chi connectivity index (χ0n) is 6.53. The quantitative estimate of drug-likeness (QED) is 0.139. The summed E-state index contributed by atoms with van der Waals surface area (Å²) >= 11 is 0. The van der Waals surface area contributed by atoms with Gasteiger partial charge in [0.1, 0.15) is 7.85 Å². The van der Waals surface area contributed by atoms with Gasteiger partial charge in [-0.15, -0.1) is 0 Å². The number of aliphatic hydroxyl groups excluding tert-OH is 1. The Labute approximate surface area is 70.8 Å². The topological polar surface area (TPSA) is 75.6 Å². The molecule has 0 aliphatic heterocycles. The molecular formula is C6H8BNO4. The van der Waals surface area contributed by atoms with Crippen molar-refractivity contribution in [3.63, 3.8) is 0 Å². The molecule has 64 valence electrons. The smallest absolute Gasteiger partial charge is 0.346 e. The molecule has 0 aromatic rings. The number of hydrogen-bond donors (Lipinski definition) is 2. The Kier molecular flexibility index (Phi) is 4.59. The first-order valence-electron chi connectivity index (χ1n) is 3.11. The van der Waals surface area contributed by atoms with E-state index in [1.54, 1.807) is 0 Å². The summed E-state index contributed by atoms with van der Waals surface area (Å²) in [5.74, 6) is -1.68. The summed E-state index contributed by atoms with van der Waals surface area (Å²) in [7, 11) is 6.20. The largest absolute Gasteiger partial charge is 0.514 e. The lowest BCUT2D eigenvalue weighted by Gasteiger charge is -2.03. The average Bonchev–Trinajstić information content (AvgIpc) is 2.06. The second-order valence-electron chi connectivity index (χ2n) is 1.72. The van der Waals surface area contributed by atoms with Crippen molar-refractivity contribution < 1.29 is 19.4 Å². The van der Waals surface area contributed by atoms with Crippen LogP contribution in [-0.4, -0.2) is 38.4 Å². The molecule has 1 amide bonds. The van der Waals surface area contributed by atoms with Crippen LogP contribution in [0.5, 0.6) is 0 Å². The summed E-state index contributed by atoms with van der Waals surface area (Å²) in [5.41, 5.74) is -0.483. The fourth-order valence-corrected chi connectivity index (χ4v) is 0.492. The first-order chi connectivity index (χ1) is 5.67. The van der Waals surface area contributed by atoms with Crippen LogP contribution >= 0.6 is 0 Å². The molecule has 0 saturated carbocycles. The van der Waals surface area contributed by atoms with Gasteiger partial charge in [0.25, 0.3) is 5.91 Å². The van der Waals surface area contributed by atoms with Crippen molar-refractivity contribution in [3.05, 3.63) is 11.8 Å². The number of amides is 1. The van der Waals surface area contributed by atoms with E-state index in [1.807, 2.05) is 0 Å². The number of carbonyl (C=O) groups is 2. The molecule has 2 radical (unpaired) electrons. The van der Waals surface area contributed by atoms with Crippen LogP contribution in [0.4, 0.5) is 0 Å². The highest BCUT2D eigenvalue weighted by Gasteiger charge is 2.17. The lowest BCUT2D eigenvalue weighted by molar-refractivity contribution is -0.139. The van der Waals surface area contributed by atoms with Crippen molar-refractivity contribution in [2.45, 2.75) is 0 Å². The van der Waals surface area contributed by atoms with Gasteiger partial charge in [0.15, 0.2) is 5.57 Å². The van der Waals surface area contributed by atoms with Gasteiger partial charge in [-0.05, 0) is 0 Å². The van der Waals surface area contributed by atoms with Crippen molar-refractivity contribution >= 4 is 19.7 Å². The number of ether oxygens (including phenoxy) is 1. The Morgan fingerprint density at radius 2 is 2.25 bits per heavy atom. The fourth-order valence-electron chi connectivity index (χ4n) is 0.492. The Morgan fingerprint density at radius 3 is 2.58 bits per heavy atom. The minimum absolute atomic E-state index is 0.340. The third kappa shape index (κ3) is 2.65. The third-order valence-corrected chi connectivity index (χ3v) is 1.04. The van der Waals surface area contributed by atoms with Crippen LogP contribution in [0.3, 0.4) is 0 Å². The van der Waals surface area contributed by atoms with Gasteiger partial charge in [-0.2, -0.15) is 0 Å². The van der Waals surface area contributed by atoms with Gasteiger partial charge >= 0.3 is 5.97 Å². The van der Waals surface area contributed by atoms with Gasteiger partial charge in [-0.25, -0.2) is 4.79 Å². The maximum atomic E-state index is 10.8. The minimum Gasteiger partial charge on any atom is -0.514 e. The van der Waals surface area contributed by atoms with Gasteiger partial charge < -0.3 is 15.2 Å². The standard InChI is InChI=1S/C6H8BNO4/c1-8-5(10)4(2-9)6(11)12-3-7/h2,9H,3H2,1H3,(H,8,10)/b4-2-. The maximum absolute atomic E-state index is 10.8. The molecule has 12 heavy (non-hydrogen) atoms. The molecule has 0 aliphatic rings. The first kappa shape index (κ1) is 10.5.